The summed E-state index contributed by atoms with van der Waals surface area (Å²) in [4.78, 5) is 27.9. The Bertz CT molecular complexity index is 1370. The van der Waals surface area contributed by atoms with Crippen LogP contribution >= 0.6 is 11.3 Å². The zero-order chi connectivity index (χ0) is 22.1. The molecule has 0 fully saturated rings. The molecule has 0 N–H and O–H groups in total. The average Bonchev–Trinajstić information content (AvgIpc) is 3.32. The first kappa shape index (κ1) is 20.3. The summed E-state index contributed by atoms with van der Waals surface area (Å²) in [5, 5.41) is 15.1. The topological polar surface area (TPSA) is 118 Å². The molecule has 2 heterocycles. The van der Waals surface area contributed by atoms with Crippen molar-refractivity contribution < 1.29 is 19.1 Å². The second kappa shape index (κ2) is 8.03. The lowest BCUT2D eigenvalue weighted by molar-refractivity contribution is -0.384. The van der Waals surface area contributed by atoms with Crippen molar-refractivity contribution >= 4 is 28.1 Å². The molecule has 0 atom stereocenters. The highest BCUT2D eigenvalue weighted by Crippen LogP contribution is 2.40. The summed E-state index contributed by atoms with van der Waals surface area (Å²) < 4.78 is 17.7. The van der Waals surface area contributed by atoms with E-state index in [0.29, 0.717) is 43.7 Å². The van der Waals surface area contributed by atoms with Crippen LogP contribution in [0.4, 0.5) is 5.69 Å². The zero-order valence-corrected chi connectivity index (χ0v) is 17.5. The third-order valence-corrected chi connectivity index (χ3v) is 5.47. The highest BCUT2D eigenvalue weighted by Gasteiger charge is 2.18. The number of nitrogens with zero attached hydrogens (tertiary/aromatic N) is 4. The van der Waals surface area contributed by atoms with Crippen LogP contribution in [0.5, 0.6) is 17.2 Å². The normalized spacial score (nSPS) is 11.6. The molecule has 4 aromatic rings. The molecule has 2 aromatic carbocycles. The molecular weight excluding hydrogens is 424 g/mol. The number of methoxy groups -OCH3 is 3. The van der Waals surface area contributed by atoms with E-state index in [9.17, 15) is 14.9 Å². The van der Waals surface area contributed by atoms with Gasteiger partial charge in [0.05, 0.1) is 30.8 Å². The van der Waals surface area contributed by atoms with E-state index in [1.165, 1.54) is 49.3 Å². The molecule has 0 amide bonds. The van der Waals surface area contributed by atoms with Crippen molar-refractivity contribution in [2.24, 2.45) is 0 Å². The third-order valence-electron chi connectivity index (χ3n) is 4.51. The van der Waals surface area contributed by atoms with Gasteiger partial charge in [0, 0.05) is 17.7 Å². The van der Waals surface area contributed by atoms with Crippen LogP contribution in [-0.2, 0) is 0 Å². The molecule has 0 bridgehead atoms. The molecule has 0 saturated heterocycles. The lowest BCUT2D eigenvalue weighted by Gasteiger charge is -2.12. The lowest BCUT2D eigenvalue weighted by Crippen LogP contribution is -2.23. The summed E-state index contributed by atoms with van der Waals surface area (Å²) in [5.74, 6) is 1.68. The Morgan fingerprint density at radius 3 is 2.23 bits per heavy atom. The van der Waals surface area contributed by atoms with Crippen molar-refractivity contribution in [3.8, 4) is 28.6 Å². The summed E-state index contributed by atoms with van der Waals surface area (Å²) >= 11 is 1.17. The van der Waals surface area contributed by atoms with Crippen molar-refractivity contribution in [2.45, 2.75) is 0 Å². The van der Waals surface area contributed by atoms with Crippen molar-refractivity contribution in [1.82, 2.24) is 14.6 Å². The monoisotopic (exact) mass is 440 g/mol. The molecule has 0 unspecified atom stereocenters. The summed E-state index contributed by atoms with van der Waals surface area (Å²) in [6.07, 6.45) is 1.65. The Kier molecular flexibility index (Phi) is 5.26. The molecule has 2 aromatic heterocycles. The molecule has 10 nitrogen and oxygen atoms in total. The molecule has 158 valence electrons. The SMILES string of the molecule is COc1cc(-c2nc3s/c(=C\c4ccc([N+](=O)[O-])cc4)c(=O)n3n2)cc(OC)c1OC. The molecular formula is C20H16N4O6S. The fourth-order valence-corrected chi connectivity index (χ4v) is 3.92. The van der Waals surface area contributed by atoms with Gasteiger partial charge in [0.2, 0.25) is 10.7 Å². The van der Waals surface area contributed by atoms with Gasteiger partial charge in [0.1, 0.15) is 0 Å². The zero-order valence-electron chi connectivity index (χ0n) is 16.7. The molecule has 0 aliphatic rings. The Balaban J connectivity index is 1.76. The van der Waals surface area contributed by atoms with E-state index >= 15 is 0 Å². The number of hydrogen-bond donors (Lipinski definition) is 0. The number of non-ortho nitro benzene ring substituents is 1. The van der Waals surface area contributed by atoms with Crippen molar-refractivity contribution in [1.29, 1.82) is 0 Å². The number of hydrogen-bond acceptors (Lipinski definition) is 9. The number of rotatable bonds is 6. The maximum Gasteiger partial charge on any atom is 0.291 e. The van der Waals surface area contributed by atoms with E-state index in [1.807, 2.05) is 0 Å². The maximum absolute atomic E-state index is 12.8. The van der Waals surface area contributed by atoms with E-state index in [2.05, 4.69) is 10.1 Å². The van der Waals surface area contributed by atoms with Gasteiger partial charge in [-0.2, -0.15) is 9.50 Å². The Labute approximate surface area is 179 Å². The van der Waals surface area contributed by atoms with Crippen LogP contribution in [0.3, 0.4) is 0 Å². The van der Waals surface area contributed by atoms with Crippen LogP contribution in [0.2, 0.25) is 0 Å². The predicted molar refractivity (Wildman–Crippen MR) is 114 cm³/mol. The van der Waals surface area contributed by atoms with Gasteiger partial charge in [0.25, 0.3) is 11.2 Å². The average molecular weight is 440 g/mol. The van der Waals surface area contributed by atoms with E-state index in [0.717, 1.165) is 0 Å². The number of benzene rings is 2. The summed E-state index contributed by atoms with van der Waals surface area (Å²) in [5.41, 5.74) is 0.921. The fraction of sp³-hybridized carbons (Fsp3) is 0.150. The van der Waals surface area contributed by atoms with Crippen LogP contribution in [0.15, 0.2) is 41.2 Å². The molecule has 0 saturated carbocycles. The van der Waals surface area contributed by atoms with Crippen LogP contribution in [0, 0.1) is 10.1 Å². The first-order chi connectivity index (χ1) is 14.9. The van der Waals surface area contributed by atoms with Crippen molar-refractivity contribution in [3.05, 3.63) is 67.0 Å². The summed E-state index contributed by atoms with van der Waals surface area (Å²) in [7, 11) is 4.53. The number of thiazole rings is 1. The van der Waals surface area contributed by atoms with E-state index < -0.39 is 4.92 Å². The van der Waals surface area contributed by atoms with Gasteiger partial charge < -0.3 is 14.2 Å². The number of fused-ring (bicyclic) bond motifs is 1. The molecule has 0 aliphatic heterocycles. The van der Waals surface area contributed by atoms with E-state index in [-0.39, 0.29) is 11.2 Å². The predicted octanol–water partition coefficient (Wildman–Crippen LogP) is 2.30. The molecule has 0 spiro atoms. The van der Waals surface area contributed by atoms with Gasteiger partial charge >= 0.3 is 0 Å². The van der Waals surface area contributed by atoms with Gasteiger partial charge in [-0.15, -0.1) is 5.10 Å². The second-order valence-corrected chi connectivity index (χ2v) is 7.32. The highest BCUT2D eigenvalue weighted by molar-refractivity contribution is 7.15. The minimum atomic E-state index is -0.476. The quantitative estimate of drug-likeness (QED) is 0.331. The number of nitro groups is 1. The Morgan fingerprint density at radius 2 is 1.71 bits per heavy atom. The molecule has 4 rings (SSSR count). The summed E-state index contributed by atoms with van der Waals surface area (Å²) in [6, 6.07) is 9.33. The van der Waals surface area contributed by atoms with Crippen LogP contribution in [0.25, 0.3) is 22.4 Å². The van der Waals surface area contributed by atoms with E-state index in [4.69, 9.17) is 14.2 Å². The largest absolute Gasteiger partial charge is 0.493 e. The minimum absolute atomic E-state index is 0.0165. The van der Waals surface area contributed by atoms with Crippen molar-refractivity contribution in [3.63, 3.8) is 0 Å². The van der Waals surface area contributed by atoms with Crippen LogP contribution < -0.4 is 24.3 Å². The summed E-state index contributed by atoms with van der Waals surface area (Å²) in [6.45, 7) is 0. The number of nitro benzene ring substituents is 1. The third kappa shape index (κ3) is 3.66. The lowest BCUT2D eigenvalue weighted by atomic mass is 10.1. The van der Waals surface area contributed by atoms with Gasteiger partial charge in [0.15, 0.2) is 17.3 Å². The molecule has 31 heavy (non-hydrogen) atoms. The van der Waals surface area contributed by atoms with E-state index in [1.54, 1.807) is 30.3 Å². The van der Waals surface area contributed by atoms with Crippen LogP contribution in [-0.4, -0.2) is 40.9 Å². The first-order valence-corrected chi connectivity index (χ1v) is 9.73. The molecule has 0 radical (unpaired) electrons. The second-order valence-electron chi connectivity index (χ2n) is 6.31. The molecule has 0 aliphatic carbocycles. The van der Waals surface area contributed by atoms with Crippen LogP contribution in [0.1, 0.15) is 5.56 Å². The Hall–Kier alpha value is -3.99. The maximum atomic E-state index is 12.8. The van der Waals surface area contributed by atoms with Crippen molar-refractivity contribution in [2.75, 3.05) is 21.3 Å². The van der Waals surface area contributed by atoms with Gasteiger partial charge in [-0.3, -0.25) is 14.9 Å². The standard InChI is InChI=1S/C20H16N4O6S/c1-28-14-9-12(10-15(29-2)17(14)30-3)18-21-20-23(22-18)19(25)16(31-20)8-11-4-6-13(7-5-11)24(26)27/h4-10H,1-3H3/b16-8-. The Morgan fingerprint density at radius 1 is 1.06 bits per heavy atom. The highest BCUT2D eigenvalue weighted by atomic mass is 32.1. The minimum Gasteiger partial charge on any atom is -0.493 e. The van der Waals surface area contributed by atoms with Gasteiger partial charge in [-0.1, -0.05) is 11.3 Å². The smallest absolute Gasteiger partial charge is 0.291 e. The number of ether oxygens (including phenoxy) is 3. The van der Waals surface area contributed by atoms with Gasteiger partial charge in [-0.25, -0.2) is 0 Å². The number of aromatic nitrogens is 3. The first-order valence-electron chi connectivity index (χ1n) is 8.91. The molecule has 11 heteroatoms. The fourth-order valence-electron chi connectivity index (χ4n) is 3.01. The van der Waals surface area contributed by atoms with Gasteiger partial charge in [-0.05, 0) is 35.9 Å².